The van der Waals surface area contributed by atoms with Crippen LogP contribution in [0.4, 0.5) is 4.39 Å². The van der Waals surface area contributed by atoms with Crippen molar-refractivity contribution in [1.82, 2.24) is 19.5 Å². The van der Waals surface area contributed by atoms with Gasteiger partial charge >= 0.3 is 0 Å². The highest BCUT2D eigenvalue weighted by Crippen LogP contribution is 2.29. The van der Waals surface area contributed by atoms with Gasteiger partial charge in [-0.25, -0.2) is 12.8 Å². The van der Waals surface area contributed by atoms with Crippen molar-refractivity contribution in [2.45, 2.75) is 30.1 Å². The number of nitrogens with zero attached hydrogens (tertiary/aromatic N) is 3. The number of piperidine rings is 1. The van der Waals surface area contributed by atoms with Gasteiger partial charge in [-0.05, 0) is 42.7 Å². The Balaban J connectivity index is 1.52. The fourth-order valence-corrected chi connectivity index (χ4v) is 5.04. The Morgan fingerprint density at radius 2 is 2.07 bits per heavy atom. The number of pyridine rings is 1. The first-order valence-electron chi connectivity index (χ1n) is 9.21. The molecule has 0 saturated carbocycles. The summed E-state index contributed by atoms with van der Waals surface area (Å²) >= 11 is 0. The number of rotatable bonds is 5. The molecule has 8 heteroatoms. The van der Waals surface area contributed by atoms with Gasteiger partial charge in [-0.2, -0.15) is 9.40 Å². The van der Waals surface area contributed by atoms with Gasteiger partial charge in [0.05, 0.1) is 6.20 Å². The van der Waals surface area contributed by atoms with Crippen LogP contribution in [-0.4, -0.2) is 41.0 Å². The van der Waals surface area contributed by atoms with E-state index in [1.54, 1.807) is 6.07 Å². The second kappa shape index (κ2) is 7.81. The van der Waals surface area contributed by atoms with Crippen LogP contribution in [0.5, 0.6) is 0 Å². The maximum atomic E-state index is 13.4. The fourth-order valence-electron chi connectivity index (χ4n) is 3.61. The predicted octanol–water partition coefficient (Wildman–Crippen LogP) is 3.10. The summed E-state index contributed by atoms with van der Waals surface area (Å²) in [6.45, 7) is 0.886. The quantitative estimate of drug-likeness (QED) is 0.714. The van der Waals surface area contributed by atoms with E-state index in [1.807, 2.05) is 24.3 Å². The Hall–Kier alpha value is -2.58. The lowest BCUT2D eigenvalue weighted by molar-refractivity contribution is 0.312. The lowest BCUT2D eigenvalue weighted by atomic mass is 9.95. The lowest BCUT2D eigenvalue weighted by Crippen LogP contribution is -2.39. The number of benzene rings is 1. The van der Waals surface area contributed by atoms with Crippen LogP contribution >= 0.6 is 0 Å². The van der Waals surface area contributed by atoms with Crippen molar-refractivity contribution in [3.63, 3.8) is 0 Å². The molecule has 0 spiro atoms. The van der Waals surface area contributed by atoms with Gasteiger partial charge in [-0.1, -0.05) is 18.2 Å². The maximum absolute atomic E-state index is 13.4. The topological polar surface area (TPSA) is 79.0 Å². The third-order valence-electron chi connectivity index (χ3n) is 5.02. The molecule has 4 rings (SSSR count). The summed E-state index contributed by atoms with van der Waals surface area (Å²) in [5.41, 5.74) is 2.58. The van der Waals surface area contributed by atoms with Gasteiger partial charge in [0.2, 0.25) is 10.0 Å². The van der Waals surface area contributed by atoms with E-state index in [9.17, 15) is 12.8 Å². The average molecular weight is 400 g/mol. The van der Waals surface area contributed by atoms with Gasteiger partial charge in [0.15, 0.2) is 0 Å². The summed E-state index contributed by atoms with van der Waals surface area (Å²) in [6, 6.07) is 12.3. The minimum Gasteiger partial charge on any atom is -0.284 e. The molecule has 0 unspecified atom stereocenters. The number of H-pyrrole nitrogens is 1. The zero-order valence-corrected chi connectivity index (χ0v) is 16.1. The second-order valence-electron chi connectivity index (χ2n) is 7.00. The smallest absolute Gasteiger partial charge is 0.246 e. The molecule has 1 saturated heterocycles. The first-order valence-corrected chi connectivity index (χ1v) is 10.7. The number of aromatic amines is 1. The molecule has 0 bridgehead atoms. The molecule has 2 aromatic heterocycles. The minimum absolute atomic E-state index is 0.0304. The summed E-state index contributed by atoms with van der Waals surface area (Å²) < 4.78 is 40.5. The SMILES string of the molecule is O=S(=O)(c1cn[nH]c1)N1CCC[C@@H](c2cccc(Cc3cccc(F)c3)n2)C1. The van der Waals surface area contributed by atoms with E-state index in [0.717, 1.165) is 29.8 Å². The summed E-state index contributed by atoms with van der Waals surface area (Å²) in [5, 5.41) is 6.31. The van der Waals surface area contributed by atoms with Crippen LogP contribution in [0.2, 0.25) is 0 Å². The third kappa shape index (κ3) is 3.98. The molecule has 146 valence electrons. The van der Waals surface area contributed by atoms with Crippen LogP contribution in [0.25, 0.3) is 0 Å². The Morgan fingerprint density at radius 1 is 1.21 bits per heavy atom. The number of hydrogen-bond acceptors (Lipinski definition) is 4. The number of sulfonamides is 1. The molecule has 1 aliphatic rings. The van der Waals surface area contributed by atoms with Gasteiger partial charge in [-0.3, -0.25) is 10.1 Å². The first-order chi connectivity index (χ1) is 13.5. The Labute approximate surface area is 163 Å². The van der Waals surface area contributed by atoms with E-state index in [1.165, 1.54) is 28.8 Å². The van der Waals surface area contributed by atoms with Gasteiger partial charge in [0.25, 0.3) is 0 Å². The molecule has 28 heavy (non-hydrogen) atoms. The molecule has 0 amide bonds. The minimum atomic E-state index is -3.55. The highest BCUT2D eigenvalue weighted by atomic mass is 32.2. The maximum Gasteiger partial charge on any atom is 0.246 e. The molecule has 1 aliphatic heterocycles. The molecular formula is C20H21FN4O2S. The molecule has 3 heterocycles. The number of aromatic nitrogens is 3. The fraction of sp³-hybridized carbons (Fsp3) is 0.300. The van der Waals surface area contributed by atoms with Crippen molar-refractivity contribution in [3.05, 3.63) is 77.6 Å². The number of halogens is 1. The second-order valence-corrected chi connectivity index (χ2v) is 8.93. The van der Waals surface area contributed by atoms with Crippen LogP contribution in [0.15, 0.2) is 59.8 Å². The number of nitrogens with one attached hydrogen (secondary N) is 1. The van der Waals surface area contributed by atoms with Gasteiger partial charge in [-0.15, -0.1) is 0 Å². The zero-order chi connectivity index (χ0) is 19.6. The molecule has 0 aliphatic carbocycles. The molecular weight excluding hydrogens is 379 g/mol. The average Bonchev–Trinajstić information content (AvgIpc) is 3.24. The largest absolute Gasteiger partial charge is 0.284 e. The van der Waals surface area contributed by atoms with E-state index in [0.29, 0.717) is 19.5 Å². The molecule has 1 N–H and O–H groups in total. The van der Waals surface area contributed by atoms with Crippen LogP contribution in [-0.2, 0) is 16.4 Å². The third-order valence-corrected chi connectivity index (χ3v) is 6.85. The van der Waals surface area contributed by atoms with E-state index < -0.39 is 10.0 Å². The molecule has 1 aromatic carbocycles. The normalized spacial score (nSPS) is 18.2. The summed E-state index contributed by atoms with van der Waals surface area (Å²) in [4.78, 5) is 4.92. The molecule has 0 radical (unpaired) electrons. The van der Waals surface area contributed by atoms with Crippen molar-refractivity contribution >= 4 is 10.0 Å². The standard InChI is InChI=1S/C20H21FN4O2S/c21-17-6-1-4-15(10-17)11-18-7-2-8-20(24-18)16-5-3-9-25(14-16)28(26,27)19-12-22-23-13-19/h1-2,4,6-8,10,12-13,16H,3,5,9,11,14H2,(H,22,23)/t16-/m1/s1. The van der Waals surface area contributed by atoms with E-state index in [-0.39, 0.29) is 16.6 Å². The first kappa shape index (κ1) is 18.8. The van der Waals surface area contributed by atoms with Crippen LogP contribution in [0, 0.1) is 5.82 Å². The Morgan fingerprint density at radius 3 is 2.86 bits per heavy atom. The molecule has 1 fully saturated rings. The van der Waals surface area contributed by atoms with Gasteiger partial charge < -0.3 is 0 Å². The molecule has 3 aromatic rings. The van der Waals surface area contributed by atoms with Crippen LogP contribution < -0.4 is 0 Å². The Bertz CT molecular complexity index is 1050. The van der Waals surface area contributed by atoms with Crippen molar-refractivity contribution in [2.75, 3.05) is 13.1 Å². The Kier molecular flexibility index (Phi) is 5.23. The van der Waals surface area contributed by atoms with Crippen molar-refractivity contribution < 1.29 is 12.8 Å². The monoisotopic (exact) mass is 400 g/mol. The summed E-state index contributed by atoms with van der Waals surface area (Å²) in [5.74, 6) is -0.232. The zero-order valence-electron chi connectivity index (χ0n) is 15.3. The van der Waals surface area contributed by atoms with Crippen LogP contribution in [0.1, 0.15) is 35.7 Å². The summed E-state index contributed by atoms with van der Waals surface area (Å²) in [6.07, 6.45) is 4.92. The molecule has 6 nitrogen and oxygen atoms in total. The molecule has 1 atom stereocenters. The summed E-state index contributed by atoms with van der Waals surface area (Å²) in [7, 11) is -3.55. The highest BCUT2D eigenvalue weighted by molar-refractivity contribution is 7.89. The lowest BCUT2D eigenvalue weighted by Gasteiger charge is -2.31. The van der Waals surface area contributed by atoms with E-state index in [2.05, 4.69) is 10.2 Å². The van der Waals surface area contributed by atoms with Crippen molar-refractivity contribution in [3.8, 4) is 0 Å². The van der Waals surface area contributed by atoms with Crippen molar-refractivity contribution in [1.29, 1.82) is 0 Å². The van der Waals surface area contributed by atoms with Crippen molar-refractivity contribution in [2.24, 2.45) is 0 Å². The predicted molar refractivity (Wildman–Crippen MR) is 103 cm³/mol. The van der Waals surface area contributed by atoms with Crippen LogP contribution in [0.3, 0.4) is 0 Å². The number of hydrogen-bond donors (Lipinski definition) is 1. The van der Waals surface area contributed by atoms with E-state index in [4.69, 9.17) is 4.98 Å². The van der Waals surface area contributed by atoms with Gasteiger partial charge in [0, 0.05) is 43.0 Å². The van der Waals surface area contributed by atoms with E-state index >= 15 is 0 Å². The highest BCUT2D eigenvalue weighted by Gasteiger charge is 2.32. The van der Waals surface area contributed by atoms with Gasteiger partial charge in [0.1, 0.15) is 10.7 Å².